The maximum Gasteiger partial charge on any atom is 0.352 e. The van der Waals surface area contributed by atoms with E-state index in [9.17, 15) is 18.5 Å². The molecule has 0 radical (unpaired) electrons. The maximum absolute atomic E-state index is 12.8. The Kier molecular flexibility index (Phi) is 6.12. The standard InChI is InChI=1S/C23H21N3O7S/c1-31-19-11-16(12-20(32-2)22(19)33-3)15-9-10-21-24-18(23(26(27)28)25(21)13-15)14-34(29,30)17-7-5-4-6-8-17/h4-13H,14H2,1-3H3. The van der Waals surface area contributed by atoms with E-state index in [1.807, 2.05) is 0 Å². The molecule has 4 rings (SSSR count). The van der Waals surface area contributed by atoms with E-state index in [2.05, 4.69) is 4.98 Å². The number of aromatic nitrogens is 2. The van der Waals surface area contributed by atoms with Crippen LogP contribution in [0.15, 0.2) is 65.7 Å². The van der Waals surface area contributed by atoms with E-state index in [1.54, 1.807) is 42.5 Å². The molecule has 2 heterocycles. The smallest absolute Gasteiger partial charge is 0.352 e. The number of pyridine rings is 1. The highest BCUT2D eigenvalue weighted by molar-refractivity contribution is 7.90. The highest BCUT2D eigenvalue weighted by atomic mass is 32.2. The lowest BCUT2D eigenvalue weighted by Crippen LogP contribution is -2.07. The first-order valence-corrected chi connectivity index (χ1v) is 11.7. The number of fused-ring (bicyclic) bond motifs is 1. The molecule has 0 aliphatic carbocycles. The van der Waals surface area contributed by atoms with Crippen molar-refractivity contribution in [3.05, 3.63) is 76.6 Å². The summed E-state index contributed by atoms with van der Waals surface area (Å²) in [5, 5.41) is 11.9. The lowest BCUT2D eigenvalue weighted by molar-refractivity contribution is -0.391. The minimum absolute atomic E-state index is 0.0690. The van der Waals surface area contributed by atoms with Crippen molar-refractivity contribution in [2.24, 2.45) is 0 Å². The molecule has 2 aromatic heterocycles. The number of ether oxygens (including phenoxy) is 3. The summed E-state index contributed by atoms with van der Waals surface area (Å²) in [6.45, 7) is 0. The molecule has 0 aliphatic heterocycles. The van der Waals surface area contributed by atoms with Gasteiger partial charge in [-0.2, -0.15) is 4.40 Å². The van der Waals surface area contributed by atoms with Gasteiger partial charge in [0.05, 0.1) is 26.2 Å². The summed E-state index contributed by atoms with van der Waals surface area (Å²) in [4.78, 5) is 15.6. The molecule has 4 aromatic rings. The summed E-state index contributed by atoms with van der Waals surface area (Å²) in [5.41, 5.74) is 1.36. The van der Waals surface area contributed by atoms with Crippen molar-refractivity contribution >= 4 is 21.3 Å². The molecule has 0 spiro atoms. The van der Waals surface area contributed by atoms with Gasteiger partial charge in [-0.1, -0.05) is 18.2 Å². The first kappa shape index (κ1) is 23.1. The van der Waals surface area contributed by atoms with Gasteiger partial charge in [0.15, 0.2) is 27.0 Å². The van der Waals surface area contributed by atoms with E-state index in [-0.39, 0.29) is 16.2 Å². The number of nitrogens with zero attached hydrogens (tertiary/aromatic N) is 3. The van der Waals surface area contributed by atoms with Gasteiger partial charge in [-0.05, 0) is 40.8 Å². The monoisotopic (exact) mass is 483 g/mol. The van der Waals surface area contributed by atoms with Crippen LogP contribution in [0.5, 0.6) is 17.2 Å². The van der Waals surface area contributed by atoms with Crippen LogP contribution in [0, 0.1) is 10.1 Å². The van der Waals surface area contributed by atoms with E-state index >= 15 is 0 Å². The zero-order chi connectivity index (χ0) is 24.5. The molecule has 0 fully saturated rings. The molecule has 0 saturated carbocycles. The molecule has 11 heteroatoms. The third-order valence-corrected chi connectivity index (χ3v) is 6.91. The Hall–Kier alpha value is -4.12. The van der Waals surface area contributed by atoms with Crippen LogP contribution in [-0.4, -0.2) is 44.1 Å². The molecule has 0 bridgehead atoms. The van der Waals surface area contributed by atoms with Gasteiger partial charge in [0.1, 0.15) is 11.9 Å². The quantitative estimate of drug-likeness (QED) is 0.273. The van der Waals surface area contributed by atoms with Crippen molar-refractivity contribution in [3.63, 3.8) is 0 Å². The molecule has 0 saturated heterocycles. The minimum Gasteiger partial charge on any atom is -0.493 e. The summed E-state index contributed by atoms with van der Waals surface area (Å²) in [6.07, 6.45) is 1.53. The van der Waals surface area contributed by atoms with Gasteiger partial charge in [0.2, 0.25) is 11.4 Å². The molecule has 2 aromatic carbocycles. The number of methoxy groups -OCH3 is 3. The highest BCUT2D eigenvalue weighted by Crippen LogP contribution is 2.41. The minimum atomic E-state index is -3.83. The molecule has 0 aliphatic rings. The van der Waals surface area contributed by atoms with Crippen LogP contribution in [-0.2, 0) is 15.6 Å². The van der Waals surface area contributed by atoms with Gasteiger partial charge < -0.3 is 24.3 Å². The lowest BCUT2D eigenvalue weighted by atomic mass is 10.1. The summed E-state index contributed by atoms with van der Waals surface area (Å²) in [5.74, 6) is 0.244. The van der Waals surface area contributed by atoms with Crippen LogP contribution < -0.4 is 14.2 Å². The third-order valence-electron chi connectivity index (χ3n) is 5.26. The van der Waals surface area contributed by atoms with Crippen LogP contribution in [0.4, 0.5) is 5.82 Å². The molecular weight excluding hydrogens is 462 g/mol. The first-order chi connectivity index (χ1) is 16.3. The van der Waals surface area contributed by atoms with Crippen LogP contribution in [0.25, 0.3) is 16.8 Å². The number of hydrogen-bond donors (Lipinski definition) is 0. The van der Waals surface area contributed by atoms with Crippen molar-refractivity contribution in [1.82, 2.24) is 9.38 Å². The van der Waals surface area contributed by atoms with Gasteiger partial charge >= 0.3 is 5.82 Å². The van der Waals surface area contributed by atoms with Crippen molar-refractivity contribution in [1.29, 1.82) is 0 Å². The number of sulfone groups is 1. The third kappa shape index (κ3) is 4.13. The fraction of sp³-hybridized carbons (Fsp3) is 0.174. The molecular formula is C23H21N3O7S. The van der Waals surface area contributed by atoms with Gasteiger partial charge in [0, 0.05) is 11.6 Å². The lowest BCUT2D eigenvalue weighted by Gasteiger charge is -2.14. The van der Waals surface area contributed by atoms with Crippen LogP contribution >= 0.6 is 0 Å². The zero-order valence-electron chi connectivity index (χ0n) is 18.6. The van der Waals surface area contributed by atoms with Crippen molar-refractivity contribution in [2.45, 2.75) is 10.6 Å². The zero-order valence-corrected chi connectivity index (χ0v) is 19.4. The number of imidazole rings is 1. The van der Waals surface area contributed by atoms with Crippen molar-refractivity contribution in [2.75, 3.05) is 21.3 Å². The predicted molar refractivity (Wildman–Crippen MR) is 124 cm³/mol. The predicted octanol–water partition coefficient (Wildman–Crippen LogP) is 3.91. The van der Waals surface area contributed by atoms with E-state index < -0.39 is 26.3 Å². The second-order valence-electron chi connectivity index (χ2n) is 7.27. The second kappa shape index (κ2) is 9.02. The van der Waals surface area contributed by atoms with E-state index in [0.717, 1.165) is 0 Å². The second-order valence-corrected chi connectivity index (χ2v) is 9.26. The van der Waals surface area contributed by atoms with Gasteiger partial charge in [-0.15, -0.1) is 0 Å². The fourth-order valence-electron chi connectivity index (χ4n) is 3.68. The van der Waals surface area contributed by atoms with Crippen LogP contribution in [0.3, 0.4) is 0 Å². The Bertz CT molecular complexity index is 1460. The van der Waals surface area contributed by atoms with E-state index in [0.29, 0.717) is 28.4 Å². The average Bonchev–Trinajstić information content (AvgIpc) is 3.20. The summed E-state index contributed by atoms with van der Waals surface area (Å²) < 4.78 is 43.1. The molecule has 0 atom stereocenters. The SMILES string of the molecule is COc1cc(-c2ccc3nc(CS(=O)(=O)c4ccccc4)c([N+](=O)[O-])n3c2)cc(OC)c1OC. The summed E-state index contributed by atoms with van der Waals surface area (Å²) in [6, 6.07) is 14.5. The maximum atomic E-state index is 12.8. The highest BCUT2D eigenvalue weighted by Gasteiger charge is 2.28. The van der Waals surface area contributed by atoms with Gasteiger partial charge in [-0.3, -0.25) is 0 Å². The number of hydrogen-bond acceptors (Lipinski definition) is 8. The topological polar surface area (TPSA) is 122 Å². The Morgan fingerprint density at radius 3 is 2.15 bits per heavy atom. The number of rotatable bonds is 8. The fourth-order valence-corrected chi connectivity index (χ4v) is 4.97. The van der Waals surface area contributed by atoms with Crippen molar-refractivity contribution < 1.29 is 27.6 Å². The Morgan fingerprint density at radius 2 is 1.59 bits per heavy atom. The Morgan fingerprint density at radius 1 is 0.941 bits per heavy atom. The molecule has 0 N–H and O–H groups in total. The summed E-state index contributed by atoms with van der Waals surface area (Å²) in [7, 11) is 0.641. The van der Waals surface area contributed by atoms with Crippen LogP contribution in [0.2, 0.25) is 0 Å². The molecule has 0 unspecified atom stereocenters. The Labute approximate surface area is 195 Å². The molecule has 34 heavy (non-hydrogen) atoms. The Balaban J connectivity index is 1.84. The van der Waals surface area contributed by atoms with Gasteiger partial charge in [-0.25, -0.2) is 13.4 Å². The largest absolute Gasteiger partial charge is 0.493 e. The van der Waals surface area contributed by atoms with E-state index in [1.165, 1.54) is 44.1 Å². The molecule has 0 amide bonds. The molecule has 10 nitrogen and oxygen atoms in total. The first-order valence-electron chi connectivity index (χ1n) is 10.0. The molecule has 176 valence electrons. The number of nitro groups is 1. The van der Waals surface area contributed by atoms with Gasteiger partial charge in [0.25, 0.3) is 0 Å². The summed E-state index contributed by atoms with van der Waals surface area (Å²) >= 11 is 0. The van der Waals surface area contributed by atoms with Crippen molar-refractivity contribution in [3.8, 4) is 28.4 Å². The number of benzene rings is 2. The van der Waals surface area contributed by atoms with E-state index in [4.69, 9.17) is 14.2 Å². The normalized spacial score (nSPS) is 11.4. The van der Waals surface area contributed by atoms with Crippen LogP contribution in [0.1, 0.15) is 5.69 Å². The average molecular weight is 484 g/mol.